The highest BCUT2D eigenvalue weighted by molar-refractivity contribution is 5.60. The number of carbonyl (C=O) groups is 1. The van der Waals surface area contributed by atoms with Crippen molar-refractivity contribution in [3.05, 3.63) is 0 Å². The van der Waals surface area contributed by atoms with Crippen LogP contribution in [0.4, 0.5) is 4.79 Å². The molecule has 0 atom stereocenters. The van der Waals surface area contributed by atoms with Gasteiger partial charge in [0.2, 0.25) is 0 Å². The first kappa shape index (κ1) is 9.36. The third-order valence-electron chi connectivity index (χ3n) is 1.70. The molecule has 0 saturated heterocycles. The lowest BCUT2D eigenvalue weighted by Gasteiger charge is -2.27. The highest BCUT2D eigenvalue weighted by atomic mass is 16.7. The van der Waals surface area contributed by atoms with Gasteiger partial charge >= 0.3 is 6.16 Å². The Hall–Kier alpha value is -0.730. The molecule has 0 aliphatic heterocycles. The Morgan fingerprint density at radius 3 is 2.25 bits per heavy atom. The van der Waals surface area contributed by atoms with Crippen molar-refractivity contribution >= 4 is 6.16 Å². The Balaban J connectivity index is 2.19. The predicted octanol–water partition coefficient (Wildman–Crippen LogP) is 2.49. The van der Waals surface area contributed by atoms with Gasteiger partial charge in [-0.15, -0.1) is 0 Å². The molecule has 1 aliphatic carbocycles. The number of rotatable bonds is 1. The SMILES string of the molecule is CC(C)(C)OC(=O)OC1CCC1. The first-order chi connectivity index (χ1) is 5.47. The summed E-state index contributed by atoms with van der Waals surface area (Å²) < 4.78 is 9.98. The topological polar surface area (TPSA) is 35.5 Å². The van der Waals surface area contributed by atoms with Gasteiger partial charge in [0.15, 0.2) is 0 Å². The van der Waals surface area contributed by atoms with Crippen LogP contribution in [-0.4, -0.2) is 17.9 Å². The monoisotopic (exact) mass is 172 g/mol. The van der Waals surface area contributed by atoms with Crippen LogP contribution in [0.15, 0.2) is 0 Å². The maximum Gasteiger partial charge on any atom is 0.509 e. The van der Waals surface area contributed by atoms with Crippen LogP contribution in [0.3, 0.4) is 0 Å². The first-order valence-corrected chi connectivity index (χ1v) is 4.37. The minimum absolute atomic E-state index is 0.111. The van der Waals surface area contributed by atoms with E-state index in [0.717, 1.165) is 19.3 Å². The molecule has 0 aromatic carbocycles. The van der Waals surface area contributed by atoms with E-state index in [-0.39, 0.29) is 6.10 Å². The number of hydrogen-bond donors (Lipinski definition) is 0. The van der Waals surface area contributed by atoms with Crippen molar-refractivity contribution in [2.75, 3.05) is 0 Å². The second kappa shape index (κ2) is 3.33. The van der Waals surface area contributed by atoms with E-state index in [9.17, 15) is 4.79 Å². The summed E-state index contributed by atoms with van der Waals surface area (Å²) >= 11 is 0. The van der Waals surface area contributed by atoms with Gasteiger partial charge in [-0.2, -0.15) is 0 Å². The van der Waals surface area contributed by atoms with Crippen LogP contribution in [0.25, 0.3) is 0 Å². The molecule has 0 heterocycles. The predicted molar refractivity (Wildman–Crippen MR) is 45.0 cm³/mol. The average molecular weight is 172 g/mol. The number of carbonyl (C=O) groups excluding carboxylic acids is 1. The third kappa shape index (κ3) is 3.11. The standard InChI is InChI=1S/C9H16O3/c1-9(2,3)12-8(10)11-7-5-4-6-7/h7H,4-6H2,1-3H3. The molecular formula is C9H16O3. The molecule has 70 valence electrons. The van der Waals surface area contributed by atoms with E-state index >= 15 is 0 Å². The van der Waals surface area contributed by atoms with E-state index < -0.39 is 11.8 Å². The molecule has 0 amide bonds. The van der Waals surface area contributed by atoms with Gasteiger partial charge in [-0.25, -0.2) is 4.79 Å². The fourth-order valence-corrected chi connectivity index (χ4v) is 0.899. The fraction of sp³-hybridized carbons (Fsp3) is 0.889. The second-order valence-electron chi connectivity index (χ2n) is 4.14. The zero-order chi connectivity index (χ0) is 9.19. The molecule has 1 saturated carbocycles. The fourth-order valence-electron chi connectivity index (χ4n) is 0.899. The third-order valence-corrected chi connectivity index (χ3v) is 1.70. The Kier molecular flexibility index (Phi) is 2.60. The molecule has 0 radical (unpaired) electrons. The molecule has 1 rings (SSSR count). The zero-order valence-corrected chi connectivity index (χ0v) is 7.92. The molecule has 0 N–H and O–H groups in total. The van der Waals surface area contributed by atoms with E-state index in [1.54, 1.807) is 0 Å². The van der Waals surface area contributed by atoms with Crippen molar-refractivity contribution in [1.29, 1.82) is 0 Å². The quantitative estimate of drug-likeness (QED) is 0.570. The molecule has 1 fully saturated rings. The van der Waals surface area contributed by atoms with Crippen molar-refractivity contribution in [2.24, 2.45) is 0 Å². The summed E-state index contributed by atoms with van der Waals surface area (Å²) in [4.78, 5) is 11.0. The van der Waals surface area contributed by atoms with Crippen molar-refractivity contribution in [3.63, 3.8) is 0 Å². The van der Waals surface area contributed by atoms with E-state index in [4.69, 9.17) is 9.47 Å². The average Bonchev–Trinajstić information content (AvgIpc) is 1.74. The van der Waals surface area contributed by atoms with Crippen LogP contribution < -0.4 is 0 Å². The molecule has 0 aromatic rings. The van der Waals surface area contributed by atoms with Crippen molar-refractivity contribution in [2.45, 2.75) is 51.7 Å². The van der Waals surface area contributed by atoms with E-state index in [1.165, 1.54) is 0 Å². The molecule has 12 heavy (non-hydrogen) atoms. The summed E-state index contributed by atoms with van der Waals surface area (Å²) in [6.45, 7) is 5.49. The minimum Gasteiger partial charge on any atom is -0.431 e. The van der Waals surface area contributed by atoms with Gasteiger partial charge in [-0.3, -0.25) is 0 Å². The highest BCUT2D eigenvalue weighted by Gasteiger charge is 2.25. The van der Waals surface area contributed by atoms with Crippen LogP contribution in [-0.2, 0) is 9.47 Å². The van der Waals surface area contributed by atoms with Gasteiger partial charge in [-0.1, -0.05) is 0 Å². The van der Waals surface area contributed by atoms with Gasteiger partial charge in [0.25, 0.3) is 0 Å². The van der Waals surface area contributed by atoms with Crippen LogP contribution in [0.2, 0.25) is 0 Å². The number of hydrogen-bond acceptors (Lipinski definition) is 3. The normalized spacial score (nSPS) is 18.2. The summed E-state index contributed by atoms with van der Waals surface area (Å²) in [5.41, 5.74) is -0.444. The molecule has 1 aliphatic rings. The number of ether oxygens (including phenoxy) is 2. The summed E-state index contributed by atoms with van der Waals surface area (Å²) in [6, 6.07) is 0. The Morgan fingerprint density at radius 2 is 1.92 bits per heavy atom. The van der Waals surface area contributed by atoms with E-state index in [2.05, 4.69) is 0 Å². The second-order valence-corrected chi connectivity index (χ2v) is 4.14. The lowest BCUT2D eigenvalue weighted by molar-refractivity contribution is -0.0432. The highest BCUT2D eigenvalue weighted by Crippen LogP contribution is 2.23. The molecule has 0 unspecified atom stereocenters. The molecule has 3 heteroatoms. The first-order valence-electron chi connectivity index (χ1n) is 4.37. The van der Waals surface area contributed by atoms with Crippen LogP contribution in [0.5, 0.6) is 0 Å². The molecule has 0 spiro atoms. The lowest BCUT2D eigenvalue weighted by atomic mass is 9.96. The Bertz CT molecular complexity index is 165. The van der Waals surface area contributed by atoms with E-state index in [0.29, 0.717) is 0 Å². The summed E-state index contributed by atoms with van der Waals surface area (Å²) in [5.74, 6) is 0. The Morgan fingerprint density at radius 1 is 1.33 bits per heavy atom. The van der Waals surface area contributed by atoms with Gasteiger partial charge in [0.05, 0.1) is 0 Å². The van der Waals surface area contributed by atoms with Crippen molar-refractivity contribution in [3.8, 4) is 0 Å². The molecular weight excluding hydrogens is 156 g/mol. The van der Waals surface area contributed by atoms with Crippen LogP contribution in [0.1, 0.15) is 40.0 Å². The molecule has 0 aromatic heterocycles. The summed E-state index contributed by atoms with van der Waals surface area (Å²) in [5, 5.41) is 0. The van der Waals surface area contributed by atoms with Gasteiger partial charge < -0.3 is 9.47 Å². The largest absolute Gasteiger partial charge is 0.509 e. The zero-order valence-electron chi connectivity index (χ0n) is 7.92. The smallest absolute Gasteiger partial charge is 0.431 e. The van der Waals surface area contributed by atoms with Crippen molar-refractivity contribution < 1.29 is 14.3 Å². The van der Waals surface area contributed by atoms with E-state index in [1.807, 2.05) is 20.8 Å². The molecule has 3 nitrogen and oxygen atoms in total. The van der Waals surface area contributed by atoms with Gasteiger partial charge in [-0.05, 0) is 40.0 Å². The minimum atomic E-state index is -0.535. The van der Waals surface area contributed by atoms with Crippen LogP contribution >= 0.6 is 0 Å². The Labute approximate surface area is 73.0 Å². The van der Waals surface area contributed by atoms with Crippen LogP contribution in [0, 0.1) is 0 Å². The summed E-state index contributed by atoms with van der Waals surface area (Å²) in [6.07, 6.45) is 2.71. The van der Waals surface area contributed by atoms with Gasteiger partial charge in [0.1, 0.15) is 11.7 Å². The maximum atomic E-state index is 11.0. The lowest BCUT2D eigenvalue weighted by Crippen LogP contribution is -2.30. The van der Waals surface area contributed by atoms with Crippen molar-refractivity contribution in [1.82, 2.24) is 0 Å². The summed E-state index contributed by atoms with van der Waals surface area (Å²) in [7, 11) is 0. The molecule has 0 bridgehead atoms. The van der Waals surface area contributed by atoms with Gasteiger partial charge in [0, 0.05) is 0 Å². The maximum absolute atomic E-state index is 11.0.